The molecule has 0 saturated carbocycles. The molecule has 0 bridgehead atoms. The second kappa shape index (κ2) is 5.70. The van der Waals surface area contributed by atoms with E-state index in [4.69, 9.17) is 0 Å². The van der Waals surface area contributed by atoms with Crippen molar-refractivity contribution in [1.82, 2.24) is 10.6 Å². The highest BCUT2D eigenvalue weighted by atomic mass is 19.1. The smallest absolute Gasteiger partial charge is 0.251 e. The fraction of sp³-hybridized carbons (Fsp3) is 0.533. The van der Waals surface area contributed by atoms with Gasteiger partial charge in [-0.2, -0.15) is 0 Å². The Kier molecular flexibility index (Phi) is 4.20. The van der Waals surface area contributed by atoms with Gasteiger partial charge in [0.15, 0.2) is 0 Å². The Morgan fingerprint density at radius 2 is 2.11 bits per heavy atom. The van der Waals surface area contributed by atoms with Crippen LogP contribution in [-0.4, -0.2) is 25.0 Å². The Morgan fingerprint density at radius 1 is 1.42 bits per heavy atom. The molecule has 0 aliphatic carbocycles. The van der Waals surface area contributed by atoms with Crippen LogP contribution in [0.1, 0.15) is 37.0 Å². The highest BCUT2D eigenvalue weighted by Crippen LogP contribution is 2.29. The summed E-state index contributed by atoms with van der Waals surface area (Å²) in [6, 6.07) is 5.90. The average Bonchev–Trinajstić information content (AvgIpc) is 2.37. The molecule has 1 aromatic rings. The first kappa shape index (κ1) is 14.0. The summed E-state index contributed by atoms with van der Waals surface area (Å²) in [5.41, 5.74) is 0.684. The third-order valence-electron chi connectivity index (χ3n) is 3.91. The lowest BCUT2D eigenvalue weighted by molar-refractivity contribution is 0.0929. The molecule has 2 rings (SSSR count). The highest BCUT2D eigenvalue weighted by Gasteiger charge is 2.31. The Morgan fingerprint density at radius 3 is 2.74 bits per heavy atom. The second-order valence-electron chi connectivity index (χ2n) is 5.82. The average molecular weight is 264 g/mol. The molecule has 1 aromatic carbocycles. The molecular formula is C15H21FN2O. The number of amides is 1. The number of carbonyl (C=O) groups is 1. The van der Waals surface area contributed by atoms with E-state index >= 15 is 0 Å². The molecule has 4 heteroatoms. The molecule has 19 heavy (non-hydrogen) atoms. The van der Waals surface area contributed by atoms with Crippen LogP contribution in [0, 0.1) is 11.2 Å². The van der Waals surface area contributed by atoms with Crippen molar-refractivity contribution in [2.45, 2.75) is 32.7 Å². The Balaban J connectivity index is 1.91. The summed E-state index contributed by atoms with van der Waals surface area (Å²) >= 11 is 0. The summed E-state index contributed by atoms with van der Waals surface area (Å²) in [4.78, 5) is 11.9. The van der Waals surface area contributed by atoms with Crippen LogP contribution in [0.5, 0.6) is 0 Å². The summed E-state index contributed by atoms with van der Waals surface area (Å²) in [5.74, 6) is -0.477. The normalized spacial score (nSPS) is 21.9. The van der Waals surface area contributed by atoms with E-state index in [0.717, 1.165) is 13.0 Å². The van der Waals surface area contributed by atoms with Crippen LogP contribution in [0.3, 0.4) is 0 Å². The van der Waals surface area contributed by atoms with Crippen molar-refractivity contribution >= 4 is 5.91 Å². The molecule has 104 valence electrons. The van der Waals surface area contributed by atoms with E-state index in [0.29, 0.717) is 12.1 Å². The minimum atomic E-state index is -0.327. The van der Waals surface area contributed by atoms with Crippen LogP contribution >= 0.6 is 0 Å². The summed E-state index contributed by atoms with van der Waals surface area (Å²) in [6.07, 6.45) is 2.34. The number of halogens is 1. The number of hydrogen-bond acceptors (Lipinski definition) is 2. The van der Waals surface area contributed by atoms with Crippen molar-refractivity contribution in [3.8, 4) is 0 Å². The van der Waals surface area contributed by atoms with Gasteiger partial charge in [-0.25, -0.2) is 4.39 Å². The van der Waals surface area contributed by atoms with Crippen molar-refractivity contribution in [2.24, 2.45) is 5.41 Å². The predicted octanol–water partition coefficient (Wildman–Crippen LogP) is 2.33. The number of nitrogens with one attached hydrogen (secondary N) is 2. The van der Waals surface area contributed by atoms with Gasteiger partial charge in [0.2, 0.25) is 0 Å². The SMILES string of the molecule is CC1(C)CCCNC1CNC(=O)c1ccc(F)cc1. The molecule has 1 unspecified atom stereocenters. The van der Waals surface area contributed by atoms with Gasteiger partial charge < -0.3 is 10.6 Å². The number of rotatable bonds is 3. The lowest BCUT2D eigenvalue weighted by Crippen LogP contribution is -2.52. The topological polar surface area (TPSA) is 41.1 Å². The van der Waals surface area contributed by atoms with Crippen LogP contribution in [0.15, 0.2) is 24.3 Å². The van der Waals surface area contributed by atoms with Crippen molar-refractivity contribution in [3.05, 3.63) is 35.6 Å². The van der Waals surface area contributed by atoms with Gasteiger partial charge in [-0.05, 0) is 49.1 Å². The molecule has 0 spiro atoms. The Labute approximate surface area is 113 Å². The van der Waals surface area contributed by atoms with Crippen molar-refractivity contribution in [2.75, 3.05) is 13.1 Å². The summed E-state index contributed by atoms with van der Waals surface area (Å²) in [5, 5.41) is 6.37. The molecular weight excluding hydrogens is 243 g/mol. The first-order valence-corrected chi connectivity index (χ1v) is 6.76. The molecule has 1 fully saturated rings. The van der Waals surface area contributed by atoms with Gasteiger partial charge in [0.25, 0.3) is 5.91 Å². The summed E-state index contributed by atoms with van der Waals surface area (Å²) < 4.78 is 12.8. The van der Waals surface area contributed by atoms with Crippen molar-refractivity contribution in [3.63, 3.8) is 0 Å². The molecule has 1 amide bonds. The van der Waals surface area contributed by atoms with Crippen LogP contribution < -0.4 is 10.6 Å². The number of hydrogen-bond donors (Lipinski definition) is 2. The Hall–Kier alpha value is -1.42. The van der Waals surface area contributed by atoms with Crippen LogP contribution in [-0.2, 0) is 0 Å². The largest absolute Gasteiger partial charge is 0.350 e. The van der Waals surface area contributed by atoms with Crippen LogP contribution in [0.2, 0.25) is 0 Å². The third kappa shape index (κ3) is 3.53. The van der Waals surface area contributed by atoms with E-state index < -0.39 is 0 Å². The van der Waals surface area contributed by atoms with Gasteiger partial charge in [-0.15, -0.1) is 0 Å². The van der Waals surface area contributed by atoms with Gasteiger partial charge in [0.05, 0.1) is 0 Å². The maximum atomic E-state index is 12.8. The lowest BCUT2D eigenvalue weighted by Gasteiger charge is -2.39. The number of benzene rings is 1. The number of piperidine rings is 1. The molecule has 1 aliphatic heterocycles. The lowest BCUT2D eigenvalue weighted by atomic mass is 9.77. The standard InChI is InChI=1S/C15H21FN2O/c1-15(2)8-3-9-17-13(15)10-18-14(19)11-4-6-12(16)7-5-11/h4-7,13,17H,3,8-10H2,1-2H3,(H,18,19). The van der Waals surface area contributed by atoms with E-state index in [9.17, 15) is 9.18 Å². The van der Waals surface area contributed by atoms with Gasteiger partial charge in [-0.3, -0.25) is 4.79 Å². The fourth-order valence-corrected chi connectivity index (χ4v) is 2.52. The van der Waals surface area contributed by atoms with Crippen LogP contribution in [0.4, 0.5) is 4.39 Å². The van der Waals surface area contributed by atoms with E-state index in [-0.39, 0.29) is 23.2 Å². The van der Waals surface area contributed by atoms with E-state index in [1.54, 1.807) is 0 Å². The third-order valence-corrected chi connectivity index (χ3v) is 3.91. The quantitative estimate of drug-likeness (QED) is 0.879. The fourth-order valence-electron chi connectivity index (χ4n) is 2.52. The van der Waals surface area contributed by atoms with Gasteiger partial charge in [-0.1, -0.05) is 13.8 Å². The van der Waals surface area contributed by atoms with Crippen molar-refractivity contribution in [1.29, 1.82) is 0 Å². The summed E-state index contributed by atoms with van der Waals surface area (Å²) in [6.45, 7) is 6.03. The molecule has 0 aromatic heterocycles. The first-order chi connectivity index (χ1) is 8.99. The molecule has 3 nitrogen and oxygen atoms in total. The first-order valence-electron chi connectivity index (χ1n) is 6.76. The van der Waals surface area contributed by atoms with Crippen LogP contribution in [0.25, 0.3) is 0 Å². The van der Waals surface area contributed by atoms with Crippen molar-refractivity contribution < 1.29 is 9.18 Å². The van der Waals surface area contributed by atoms with E-state index in [2.05, 4.69) is 24.5 Å². The maximum absolute atomic E-state index is 12.8. The minimum absolute atomic E-state index is 0.150. The van der Waals surface area contributed by atoms with E-state index in [1.165, 1.54) is 30.7 Å². The molecule has 1 aliphatic rings. The molecule has 1 atom stereocenters. The highest BCUT2D eigenvalue weighted by molar-refractivity contribution is 5.94. The number of carbonyl (C=O) groups excluding carboxylic acids is 1. The second-order valence-corrected chi connectivity index (χ2v) is 5.82. The predicted molar refractivity (Wildman–Crippen MR) is 73.5 cm³/mol. The zero-order valence-electron chi connectivity index (χ0n) is 11.5. The maximum Gasteiger partial charge on any atom is 0.251 e. The molecule has 1 saturated heterocycles. The monoisotopic (exact) mass is 264 g/mol. The van der Waals surface area contributed by atoms with Gasteiger partial charge in [0.1, 0.15) is 5.82 Å². The molecule has 0 radical (unpaired) electrons. The summed E-state index contributed by atoms with van der Waals surface area (Å²) in [7, 11) is 0. The Bertz CT molecular complexity index is 442. The van der Waals surface area contributed by atoms with Gasteiger partial charge in [0, 0.05) is 18.2 Å². The van der Waals surface area contributed by atoms with Gasteiger partial charge >= 0.3 is 0 Å². The zero-order valence-corrected chi connectivity index (χ0v) is 11.5. The molecule has 1 heterocycles. The molecule has 2 N–H and O–H groups in total. The zero-order chi connectivity index (χ0) is 13.9. The minimum Gasteiger partial charge on any atom is -0.350 e. The van der Waals surface area contributed by atoms with E-state index in [1.807, 2.05) is 0 Å².